The molecular weight excluding hydrogens is 474 g/mol. The fourth-order valence-corrected chi connectivity index (χ4v) is 3.58. The molecular formula is C19H20BrN5O4S. The van der Waals surface area contributed by atoms with Crippen molar-refractivity contribution in [1.29, 1.82) is 0 Å². The van der Waals surface area contributed by atoms with Crippen molar-refractivity contribution in [3.63, 3.8) is 0 Å². The molecule has 1 heterocycles. The van der Waals surface area contributed by atoms with Crippen molar-refractivity contribution >= 4 is 34.1 Å². The van der Waals surface area contributed by atoms with E-state index in [2.05, 4.69) is 31.6 Å². The lowest BCUT2D eigenvalue weighted by Gasteiger charge is -2.15. The van der Waals surface area contributed by atoms with Gasteiger partial charge >= 0.3 is 0 Å². The number of methoxy groups -OCH3 is 2. The topological polar surface area (TPSA) is 116 Å². The predicted octanol–water partition coefficient (Wildman–Crippen LogP) is 3.00. The molecule has 0 spiro atoms. The number of nitrogens with two attached hydrogens (primary N) is 1. The van der Waals surface area contributed by atoms with Crippen LogP contribution >= 0.6 is 28.1 Å². The van der Waals surface area contributed by atoms with E-state index in [1.807, 2.05) is 30.3 Å². The van der Waals surface area contributed by atoms with Crippen LogP contribution in [0.3, 0.4) is 0 Å². The van der Waals surface area contributed by atoms with E-state index in [0.29, 0.717) is 38.9 Å². The van der Waals surface area contributed by atoms with E-state index >= 15 is 0 Å². The van der Waals surface area contributed by atoms with Crippen LogP contribution < -0.4 is 25.4 Å². The van der Waals surface area contributed by atoms with Gasteiger partial charge in [-0.1, -0.05) is 12.1 Å². The molecule has 2 aromatic carbocycles. The summed E-state index contributed by atoms with van der Waals surface area (Å²) < 4.78 is 18.9. The van der Waals surface area contributed by atoms with Crippen molar-refractivity contribution in [1.82, 2.24) is 14.9 Å². The summed E-state index contributed by atoms with van der Waals surface area (Å²) in [6.45, 7) is 0.153. The molecule has 0 unspecified atom stereocenters. The molecule has 0 atom stereocenters. The highest BCUT2D eigenvalue weighted by molar-refractivity contribution is 9.10. The number of nitrogens with zero attached hydrogens (tertiary/aromatic N) is 2. The number of H-pyrrole nitrogens is 1. The van der Waals surface area contributed by atoms with Gasteiger partial charge in [0.05, 0.1) is 30.8 Å². The van der Waals surface area contributed by atoms with Gasteiger partial charge < -0.3 is 25.4 Å². The predicted molar refractivity (Wildman–Crippen MR) is 118 cm³/mol. The van der Waals surface area contributed by atoms with Crippen molar-refractivity contribution < 1.29 is 19.0 Å². The second-order valence-corrected chi connectivity index (χ2v) is 7.33. The van der Waals surface area contributed by atoms with E-state index in [4.69, 9.17) is 32.2 Å². The second kappa shape index (κ2) is 9.63. The van der Waals surface area contributed by atoms with E-state index in [1.54, 1.807) is 17.9 Å². The van der Waals surface area contributed by atoms with Crippen LogP contribution in [-0.2, 0) is 11.3 Å². The Balaban J connectivity index is 1.86. The SMILES string of the molecule is COc1ccccc1-c1n[nH]c(=S)n1NCc1cc(Br)c(OCC(N)=O)c(OC)c1. The Morgan fingerprint density at radius 2 is 2.00 bits per heavy atom. The third kappa shape index (κ3) is 4.74. The summed E-state index contributed by atoms with van der Waals surface area (Å²) in [6, 6.07) is 11.2. The number of amides is 1. The minimum Gasteiger partial charge on any atom is -0.496 e. The summed E-state index contributed by atoms with van der Waals surface area (Å²) in [5.41, 5.74) is 10.1. The van der Waals surface area contributed by atoms with Gasteiger partial charge in [-0.25, -0.2) is 9.77 Å². The van der Waals surface area contributed by atoms with Crippen LogP contribution in [0.15, 0.2) is 40.9 Å². The third-order valence-electron chi connectivity index (χ3n) is 4.11. The fourth-order valence-electron chi connectivity index (χ4n) is 2.78. The number of aromatic amines is 1. The molecule has 3 rings (SSSR count). The van der Waals surface area contributed by atoms with Crippen LogP contribution in [0.5, 0.6) is 17.2 Å². The summed E-state index contributed by atoms with van der Waals surface area (Å²) in [6.07, 6.45) is 0. The molecule has 3 aromatic rings. The molecule has 4 N–H and O–H groups in total. The molecule has 0 saturated carbocycles. The number of rotatable bonds is 9. The highest BCUT2D eigenvalue weighted by Gasteiger charge is 2.15. The van der Waals surface area contributed by atoms with E-state index in [0.717, 1.165) is 11.1 Å². The highest BCUT2D eigenvalue weighted by atomic mass is 79.9. The molecule has 0 aliphatic carbocycles. The minimum absolute atomic E-state index is 0.251. The Bertz CT molecular complexity index is 1110. The summed E-state index contributed by atoms with van der Waals surface area (Å²) in [4.78, 5) is 11.0. The molecule has 0 aliphatic rings. The van der Waals surface area contributed by atoms with E-state index in [9.17, 15) is 4.79 Å². The number of halogens is 1. The van der Waals surface area contributed by atoms with Crippen LogP contribution in [0.4, 0.5) is 0 Å². The first-order valence-electron chi connectivity index (χ1n) is 8.76. The van der Waals surface area contributed by atoms with Crippen LogP contribution in [-0.4, -0.2) is 41.6 Å². The zero-order chi connectivity index (χ0) is 21.7. The first-order chi connectivity index (χ1) is 14.4. The largest absolute Gasteiger partial charge is 0.496 e. The first-order valence-corrected chi connectivity index (χ1v) is 9.97. The maximum atomic E-state index is 11.0. The van der Waals surface area contributed by atoms with Gasteiger partial charge in [0.25, 0.3) is 5.91 Å². The Hall–Kier alpha value is -3.05. The van der Waals surface area contributed by atoms with Gasteiger partial charge in [-0.3, -0.25) is 4.79 Å². The van der Waals surface area contributed by atoms with Crippen LogP contribution in [0.1, 0.15) is 5.56 Å². The maximum absolute atomic E-state index is 11.0. The van der Waals surface area contributed by atoms with Gasteiger partial charge in [0, 0.05) is 0 Å². The molecule has 0 aliphatic heterocycles. The zero-order valence-corrected chi connectivity index (χ0v) is 18.7. The van der Waals surface area contributed by atoms with Crippen LogP contribution in [0.25, 0.3) is 11.4 Å². The van der Waals surface area contributed by atoms with Gasteiger partial charge in [-0.15, -0.1) is 0 Å². The average molecular weight is 494 g/mol. The number of nitrogens with one attached hydrogen (secondary N) is 2. The normalized spacial score (nSPS) is 10.5. The Labute approximate surface area is 186 Å². The van der Waals surface area contributed by atoms with Crippen molar-refractivity contribution in [2.75, 3.05) is 26.3 Å². The van der Waals surface area contributed by atoms with Gasteiger partial charge in [0.1, 0.15) is 5.75 Å². The summed E-state index contributed by atoms with van der Waals surface area (Å²) in [7, 11) is 3.12. The van der Waals surface area contributed by atoms with Gasteiger partial charge in [0.2, 0.25) is 4.77 Å². The quantitative estimate of drug-likeness (QED) is 0.392. The smallest absolute Gasteiger partial charge is 0.255 e. The van der Waals surface area contributed by atoms with Crippen molar-refractivity contribution in [2.24, 2.45) is 5.73 Å². The van der Waals surface area contributed by atoms with E-state index in [1.165, 1.54) is 7.11 Å². The number of aromatic nitrogens is 3. The lowest BCUT2D eigenvalue weighted by Crippen LogP contribution is -2.20. The molecule has 1 aromatic heterocycles. The van der Waals surface area contributed by atoms with Gasteiger partial charge in [-0.2, -0.15) is 5.10 Å². The number of benzene rings is 2. The first kappa shape index (κ1) is 21.7. The maximum Gasteiger partial charge on any atom is 0.255 e. The average Bonchev–Trinajstić information content (AvgIpc) is 3.10. The van der Waals surface area contributed by atoms with Crippen molar-refractivity contribution in [3.05, 3.63) is 51.2 Å². The lowest BCUT2D eigenvalue weighted by molar-refractivity contribution is -0.119. The number of para-hydroxylation sites is 1. The van der Waals surface area contributed by atoms with Gasteiger partial charge in [0.15, 0.2) is 23.9 Å². The molecule has 1 amide bonds. The highest BCUT2D eigenvalue weighted by Crippen LogP contribution is 2.36. The number of carbonyl (C=O) groups excluding carboxylic acids is 1. The molecule has 0 bridgehead atoms. The number of ether oxygens (including phenoxy) is 3. The van der Waals surface area contributed by atoms with E-state index in [-0.39, 0.29) is 6.61 Å². The lowest BCUT2D eigenvalue weighted by atomic mass is 10.2. The number of hydrogen-bond donors (Lipinski definition) is 3. The van der Waals surface area contributed by atoms with Crippen LogP contribution in [0.2, 0.25) is 0 Å². The number of hydrogen-bond acceptors (Lipinski definition) is 7. The summed E-state index contributed by atoms with van der Waals surface area (Å²) in [5, 5.41) is 7.11. The summed E-state index contributed by atoms with van der Waals surface area (Å²) >= 11 is 8.81. The molecule has 9 nitrogen and oxygen atoms in total. The molecule has 0 saturated heterocycles. The Morgan fingerprint density at radius 3 is 2.70 bits per heavy atom. The number of primary amides is 1. The third-order valence-corrected chi connectivity index (χ3v) is 4.97. The Morgan fingerprint density at radius 1 is 1.27 bits per heavy atom. The standard InChI is InChI=1S/C19H20BrN5O4S/c1-27-14-6-4-3-5-12(14)18-23-24-19(30)25(18)22-9-11-7-13(20)17(15(8-11)28-2)29-10-16(21)26/h3-8,22H,9-10H2,1-2H3,(H2,21,26)(H,24,30). The summed E-state index contributed by atoms with van der Waals surface area (Å²) in [5.74, 6) is 1.55. The number of carbonyl (C=O) groups is 1. The molecule has 11 heteroatoms. The van der Waals surface area contributed by atoms with Crippen molar-refractivity contribution in [3.8, 4) is 28.6 Å². The minimum atomic E-state index is -0.576. The van der Waals surface area contributed by atoms with Crippen molar-refractivity contribution in [2.45, 2.75) is 6.54 Å². The van der Waals surface area contributed by atoms with Crippen LogP contribution in [0, 0.1) is 4.77 Å². The fraction of sp³-hybridized carbons (Fsp3) is 0.211. The molecule has 0 fully saturated rings. The van der Waals surface area contributed by atoms with E-state index < -0.39 is 5.91 Å². The Kier molecular flexibility index (Phi) is 6.95. The second-order valence-electron chi connectivity index (χ2n) is 6.09. The monoisotopic (exact) mass is 493 g/mol. The van der Waals surface area contributed by atoms with Gasteiger partial charge in [-0.05, 0) is 58.0 Å². The molecule has 158 valence electrons. The zero-order valence-electron chi connectivity index (χ0n) is 16.3. The molecule has 0 radical (unpaired) electrons. The molecule has 30 heavy (non-hydrogen) atoms.